The number of aryl methyl sites for hydroxylation is 1. The van der Waals surface area contributed by atoms with Crippen molar-refractivity contribution in [3.05, 3.63) is 58.6 Å². The number of rotatable bonds is 6. The Hall–Kier alpha value is -2.42. The fourth-order valence-corrected chi connectivity index (χ4v) is 3.13. The first-order valence-corrected chi connectivity index (χ1v) is 9.56. The average molecular weight is 396 g/mol. The van der Waals surface area contributed by atoms with E-state index in [-0.39, 0.29) is 29.7 Å². The summed E-state index contributed by atoms with van der Waals surface area (Å²) in [5, 5.41) is 10.9. The Morgan fingerprint density at radius 1 is 1.12 bits per heavy atom. The van der Waals surface area contributed by atoms with Crippen LogP contribution in [0.1, 0.15) is 22.3 Å². The van der Waals surface area contributed by atoms with Crippen LogP contribution in [0.3, 0.4) is 0 Å². The van der Waals surface area contributed by atoms with Crippen LogP contribution in [0.15, 0.2) is 47.4 Å². The molecule has 0 aliphatic carbocycles. The molecule has 0 aliphatic rings. The van der Waals surface area contributed by atoms with Gasteiger partial charge in [-0.3, -0.25) is 9.59 Å². The molecule has 0 bridgehead atoms. The molecule has 0 radical (unpaired) electrons. The molecule has 0 saturated carbocycles. The Morgan fingerprint density at radius 3 is 2.38 bits per heavy atom. The molecule has 0 aliphatic heterocycles. The van der Waals surface area contributed by atoms with Gasteiger partial charge < -0.3 is 10.6 Å². The molecule has 9 heteroatoms. The summed E-state index contributed by atoms with van der Waals surface area (Å²) in [6, 6.07) is 10.8. The number of sulfonamides is 1. The lowest BCUT2D eigenvalue weighted by Gasteiger charge is -2.09. The number of nitrogens with two attached hydrogens (primary N) is 1. The molecule has 7 nitrogen and oxygen atoms in total. The monoisotopic (exact) mass is 395 g/mol. The van der Waals surface area contributed by atoms with E-state index in [0.717, 1.165) is 0 Å². The van der Waals surface area contributed by atoms with Crippen molar-refractivity contribution in [2.24, 2.45) is 5.14 Å². The Bertz CT molecular complexity index is 928. The second-order valence-corrected chi connectivity index (χ2v) is 7.55. The number of carbonyl (C=O) groups is 2. The first-order valence-electron chi connectivity index (χ1n) is 7.64. The fraction of sp³-hybridized carbons (Fsp3) is 0.176. The van der Waals surface area contributed by atoms with Crippen LogP contribution in [0.4, 0.5) is 5.69 Å². The van der Waals surface area contributed by atoms with E-state index >= 15 is 0 Å². The van der Waals surface area contributed by atoms with Crippen LogP contribution in [0, 0.1) is 6.92 Å². The highest BCUT2D eigenvalue weighted by atomic mass is 35.5. The van der Waals surface area contributed by atoms with E-state index in [1.54, 1.807) is 43.3 Å². The first kappa shape index (κ1) is 19.9. The summed E-state index contributed by atoms with van der Waals surface area (Å²) in [6.07, 6.45) is 0.0257. The molecule has 0 atom stereocenters. The number of carbonyl (C=O) groups excluding carboxylic acids is 2. The molecule has 138 valence electrons. The number of benzene rings is 2. The van der Waals surface area contributed by atoms with Crippen LogP contribution < -0.4 is 15.8 Å². The number of hydrogen-bond acceptors (Lipinski definition) is 4. The molecule has 0 spiro atoms. The summed E-state index contributed by atoms with van der Waals surface area (Å²) in [5.74, 6) is -0.688. The highest BCUT2D eigenvalue weighted by Gasteiger charge is 2.13. The smallest absolute Gasteiger partial charge is 0.251 e. The molecular formula is C17H18ClN3O4S. The van der Waals surface area contributed by atoms with Crippen molar-refractivity contribution in [1.29, 1.82) is 0 Å². The maximum Gasteiger partial charge on any atom is 0.251 e. The van der Waals surface area contributed by atoms with E-state index in [9.17, 15) is 18.0 Å². The number of nitrogens with one attached hydrogen (secondary N) is 2. The molecule has 4 N–H and O–H groups in total. The number of anilines is 1. The molecule has 0 aromatic heterocycles. The Morgan fingerprint density at radius 2 is 1.77 bits per heavy atom. The van der Waals surface area contributed by atoms with E-state index in [1.807, 2.05) is 0 Å². The van der Waals surface area contributed by atoms with E-state index in [4.69, 9.17) is 16.7 Å². The van der Waals surface area contributed by atoms with Gasteiger partial charge in [0.15, 0.2) is 0 Å². The van der Waals surface area contributed by atoms with Crippen molar-refractivity contribution >= 4 is 39.1 Å². The zero-order valence-electron chi connectivity index (χ0n) is 14.0. The van der Waals surface area contributed by atoms with Crippen molar-refractivity contribution in [2.75, 3.05) is 11.9 Å². The third kappa shape index (κ3) is 5.55. The third-order valence-corrected chi connectivity index (χ3v) is 4.83. The van der Waals surface area contributed by atoms with Crippen LogP contribution in [0.25, 0.3) is 0 Å². The zero-order valence-corrected chi connectivity index (χ0v) is 15.5. The topological polar surface area (TPSA) is 118 Å². The largest absolute Gasteiger partial charge is 0.352 e. The summed E-state index contributed by atoms with van der Waals surface area (Å²) in [7, 11) is -3.87. The van der Waals surface area contributed by atoms with Gasteiger partial charge in [0.25, 0.3) is 5.91 Å². The Balaban J connectivity index is 1.89. The quantitative estimate of drug-likeness (QED) is 0.693. The molecule has 2 aromatic rings. The molecule has 26 heavy (non-hydrogen) atoms. The Labute approximate surface area is 156 Å². The van der Waals surface area contributed by atoms with Crippen molar-refractivity contribution in [3.8, 4) is 0 Å². The first-order chi connectivity index (χ1) is 12.2. The number of hydrogen-bond donors (Lipinski definition) is 3. The van der Waals surface area contributed by atoms with E-state index < -0.39 is 10.0 Å². The van der Waals surface area contributed by atoms with Gasteiger partial charge in [0.05, 0.1) is 4.90 Å². The van der Waals surface area contributed by atoms with Gasteiger partial charge in [-0.15, -0.1) is 0 Å². The fourth-order valence-electron chi connectivity index (χ4n) is 2.20. The van der Waals surface area contributed by atoms with Gasteiger partial charge in [0.2, 0.25) is 15.9 Å². The van der Waals surface area contributed by atoms with Gasteiger partial charge >= 0.3 is 0 Å². The molecule has 2 aromatic carbocycles. The van der Waals surface area contributed by atoms with Gasteiger partial charge in [-0.05, 0) is 48.9 Å². The summed E-state index contributed by atoms with van der Waals surface area (Å²) < 4.78 is 23.0. The minimum Gasteiger partial charge on any atom is -0.352 e. The second kappa shape index (κ2) is 8.31. The lowest BCUT2D eigenvalue weighted by molar-refractivity contribution is -0.116. The average Bonchev–Trinajstić information content (AvgIpc) is 2.56. The lowest BCUT2D eigenvalue weighted by atomic mass is 10.2. The van der Waals surface area contributed by atoms with Crippen LogP contribution in [0.5, 0.6) is 0 Å². The molecule has 2 amide bonds. The Kier molecular flexibility index (Phi) is 6.36. The summed E-state index contributed by atoms with van der Waals surface area (Å²) in [4.78, 5) is 23.8. The normalized spacial score (nSPS) is 11.0. The van der Waals surface area contributed by atoms with Crippen LogP contribution >= 0.6 is 11.6 Å². The molecule has 0 saturated heterocycles. The lowest BCUT2D eigenvalue weighted by Crippen LogP contribution is -2.27. The molecule has 0 heterocycles. The standard InChI is InChI=1S/C17H18ClN3O4S/c1-11-2-7-14(10-15(11)26(19,24)25)21-16(22)8-9-20-17(23)12-3-5-13(18)6-4-12/h2-7,10H,8-9H2,1H3,(H,20,23)(H,21,22)(H2,19,24,25). The van der Waals surface area contributed by atoms with E-state index in [1.165, 1.54) is 6.07 Å². The SMILES string of the molecule is Cc1ccc(NC(=O)CCNC(=O)c2ccc(Cl)cc2)cc1S(N)(=O)=O. The van der Waals surface area contributed by atoms with Gasteiger partial charge in [-0.25, -0.2) is 13.6 Å². The van der Waals surface area contributed by atoms with Crippen LogP contribution in [-0.4, -0.2) is 26.8 Å². The van der Waals surface area contributed by atoms with Crippen molar-refractivity contribution in [2.45, 2.75) is 18.2 Å². The van der Waals surface area contributed by atoms with Crippen molar-refractivity contribution in [3.63, 3.8) is 0 Å². The molecule has 0 unspecified atom stereocenters. The summed E-state index contributed by atoms with van der Waals surface area (Å²) in [6.45, 7) is 1.73. The van der Waals surface area contributed by atoms with E-state index in [2.05, 4.69) is 10.6 Å². The summed E-state index contributed by atoms with van der Waals surface area (Å²) in [5.41, 5.74) is 1.24. The number of halogens is 1. The number of primary sulfonamides is 1. The van der Waals surface area contributed by atoms with Gasteiger partial charge in [0, 0.05) is 29.2 Å². The zero-order chi connectivity index (χ0) is 19.3. The molecule has 2 rings (SSSR count). The third-order valence-electron chi connectivity index (χ3n) is 3.52. The highest BCUT2D eigenvalue weighted by molar-refractivity contribution is 7.89. The highest BCUT2D eigenvalue weighted by Crippen LogP contribution is 2.19. The van der Waals surface area contributed by atoms with Crippen molar-refractivity contribution < 1.29 is 18.0 Å². The van der Waals surface area contributed by atoms with Gasteiger partial charge in [-0.1, -0.05) is 17.7 Å². The maximum atomic E-state index is 12.0. The second-order valence-electron chi connectivity index (χ2n) is 5.59. The molecule has 0 fully saturated rings. The van der Waals surface area contributed by atoms with Crippen LogP contribution in [0.2, 0.25) is 5.02 Å². The minimum absolute atomic E-state index is 0.0257. The number of amides is 2. The van der Waals surface area contributed by atoms with Crippen molar-refractivity contribution in [1.82, 2.24) is 5.32 Å². The van der Waals surface area contributed by atoms with Gasteiger partial charge in [0.1, 0.15) is 0 Å². The predicted octanol–water partition coefficient (Wildman–Crippen LogP) is 2.05. The molecular weight excluding hydrogens is 378 g/mol. The minimum atomic E-state index is -3.87. The van der Waals surface area contributed by atoms with Crippen LogP contribution in [-0.2, 0) is 14.8 Å². The predicted molar refractivity (Wildman–Crippen MR) is 99.6 cm³/mol. The maximum absolute atomic E-state index is 12.0. The van der Waals surface area contributed by atoms with Gasteiger partial charge in [-0.2, -0.15) is 0 Å². The van der Waals surface area contributed by atoms with E-state index in [0.29, 0.717) is 21.8 Å². The summed E-state index contributed by atoms with van der Waals surface area (Å²) >= 11 is 5.76.